The molecule has 0 atom stereocenters. The van der Waals surface area contributed by atoms with Crippen molar-refractivity contribution >= 4 is 34.0 Å². The van der Waals surface area contributed by atoms with Gasteiger partial charge in [-0.05, 0) is 23.6 Å². The van der Waals surface area contributed by atoms with Crippen LogP contribution in [0.2, 0.25) is 0 Å². The second kappa shape index (κ2) is 7.58. The van der Waals surface area contributed by atoms with E-state index in [1.54, 1.807) is 30.5 Å². The van der Waals surface area contributed by atoms with Gasteiger partial charge in [-0.25, -0.2) is 14.8 Å². The molecule has 2 aromatic carbocycles. The molecule has 4 aromatic rings. The van der Waals surface area contributed by atoms with E-state index in [0.29, 0.717) is 11.3 Å². The second-order valence-corrected chi connectivity index (χ2v) is 6.90. The lowest BCUT2D eigenvalue weighted by atomic mass is 10.1. The van der Waals surface area contributed by atoms with Crippen LogP contribution in [-0.4, -0.2) is 21.8 Å². The van der Waals surface area contributed by atoms with Crippen LogP contribution in [0.4, 0.5) is 0 Å². The van der Waals surface area contributed by atoms with E-state index >= 15 is 0 Å². The first-order valence-corrected chi connectivity index (χ1v) is 9.35. The number of carbonyl (C=O) groups excluding carboxylic acids is 2. The highest BCUT2D eigenvalue weighted by molar-refractivity contribution is 7.13. The van der Waals surface area contributed by atoms with Crippen LogP contribution >= 0.6 is 11.3 Å². The van der Waals surface area contributed by atoms with Crippen molar-refractivity contribution in [1.82, 2.24) is 9.97 Å². The lowest BCUT2D eigenvalue weighted by Crippen LogP contribution is -2.10. The Balaban J connectivity index is 1.47. The molecule has 0 aliphatic heterocycles. The third kappa shape index (κ3) is 3.60. The molecular formula is C21H15N3O3S. The zero-order valence-electron chi connectivity index (χ0n) is 14.7. The topological polar surface area (TPSA) is 95.2 Å². The van der Waals surface area contributed by atoms with Crippen molar-refractivity contribution in [3.05, 3.63) is 83.1 Å². The SMILES string of the molecule is NC(=O)c1ccc(-c2nc(COC(=O)c3nccc4ccccc34)cs2)cc1. The van der Waals surface area contributed by atoms with Gasteiger partial charge in [0.1, 0.15) is 11.6 Å². The lowest BCUT2D eigenvalue weighted by molar-refractivity contribution is 0.0464. The summed E-state index contributed by atoms with van der Waals surface area (Å²) >= 11 is 1.43. The number of amides is 1. The van der Waals surface area contributed by atoms with Crippen LogP contribution in [0.1, 0.15) is 26.5 Å². The number of primary amides is 1. The average Bonchev–Trinajstić information content (AvgIpc) is 3.20. The summed E-state index contributed by atoms with van der Waals surface area (Å²) in [6.07, 6.45) is 1.59. The Kier molecular flexibility index (Phi) is 4.82. The first kappa shape index (κ1) is 17.8. The number of nitrogens with zero attached hydrogens (tertiary/aromatic N) is 2. The Labute approximate surface area is 164 Å². The van der Waals surface area contributed by atoms with Crippen LogP contribution in [-0.2, 0) is 11.3 Å². The molecule has 0 bridgehead atoms. The van der Waals surface area contributed by atoms with Crippen molar-refractivity contribution in [2.75, 3.05) is 0 Å². The summed E-state index contributed by atoms with van der Waals surface area (Å²) in [5.41, 5.74) is 7.49. The van der Waals surface area contributed by atoms with Gasteiger partial charge in [-0.3, -0.25) is 4.79 Å². The molecule has 0 fully saturated rings. The number of esters is 1. The highest BCUT2D eigenvalue weighted by atomic mass is 32.1. The molecule has 0 aliphatic rings. The minimum atomic E-state index is -0.489. The molecule has 2 aromatic heterocycles. The van der Waals surface area contributed by atoms with Crippen LogP contribution in [0.15, 0.2) is 66.2 Å². The van der Waals surface area contributed by atoms with E-state index < -0.39 is 11.9 Å². The van der Waals surface area contributed by atoms with Crippen molar-refractivity contribution in [3.8, 4) is 10.6 Å². The van der Waals surface area contributed by atoms with Crippen LogP contribution in [0, 0.1) is 0 Å². The van der Waals surface area contributed by atoms with E-state index in [0.717, 1.165) is 21.3 Å². The number of ether oxygens (including phenoxy) is 1. The number of rotatable bonds is 5. The standard InChI is InChI=1S/C21H15N3O3S/c22-19(25)14-5-7-15(8-6-14)20-24-16(12-28-20)11-27-21(26)18-17-4-2-1-3-13(17)9-10-23-18/h1-10,12H,11H2,(H2,22,25). The number of fused-ring (bicyclic) bond motifs is 1. The largest absolute Gasteiger partial charge is 0.454 e. The summed E-state index contributed by atoms with van der Waals surface area (Å²) in [5, 5.41) is 4.29. The molecule has 7 heteroatoms. The molecule has 0 saturated carbocycles. The molecule has 2 N–H and O–H groups in total. The number of hydrogen-bond acceptors (Lipinski definition) is 6. The Morgan fingerprint density at radius 3 is 2.61 bits per heavy atom. The van der Waals surface area contributed by atoms with Gasteiger partial charge in [-0.2, -0.15) is 0 Å². The summed E-state index contributed by atoms with van der Waals surface area (Å²) in [7, 11) is 0. The smallest absolute Gasteiger partial charge is 0.357 e. The molecule has 4 rings (SSSR count). The van der Waals surface area contributed by atoms with E-state index in [2.05, 4.69) is 9.97 Å². The fourth-order valence-corrected chi connectivity index (χ4v) is 3.58. The predicted octanol–water partition coefficient (Wildman–Crippen LogP) is 3.81. The number of benzene rings is 2. The van der Waals surface area contributed by atoms with Crippen molar-refractivity contribution < 1.29 is 14.3 Å². The summed E-state index contributed by atoms with van der Waals surface area (Å²) in [6, 6.07) is 16.3. The number of hydrogen-bond donors (Lipinski definition) is 1. The van der Waals surface area contributed by atoms with E-state index in [-0.39, 0.29) is 12.3 Å². The molecule has 28 heavy (non-hydrogen) atoms. The molecule has 138 valence electrons. The second-order valence-electron chi connectivity index (χ2n) is 6.04. The molecule has 0 radical (unpaired) electrons. The van der Waals surface area contributed by atoms with Gasteiger partial charge >= 0.3 is 5.97 Å². The van der Waals surface area contributed by atoms with Crippen LogP contribution in [0.3, 0.4) is 0 Å². The Morgan fingerprint density at radius 2 is 1.82 bits per heavy atom. The monoisotopic (exact) mass is 389 g/mol. The number of aromatic nitrogens is 2. The number of nitrogens with two attached hydrogens (primary N) is 1. The van der Waals surface area contributed by atoms with E-state index in [1.807, 2.05) is 35.7 Å². The maximum atomic E-state index is 12.5. The van der Waals surface area contributed by atoms with Gasteiger partial charge in [0.15, 0.2) is 5.69 Å². The van der Waals surface area contributed by atoms with Crippen molar-refractivity contribution in [2.24, 2.45) is 5.73 Å². The zero-order valence-corrected chi connectivity index (χ0v) is 15.5. The quantitative estimate of drug-likeness (QED) is 0.524. The maximum Gasteiger partial charge on any atom is 0.357 e. The van der Waals surface area contributed by atoms with Crippen molar-refractivity contribution in [2.45, 2.75) is 6.61 Å². The molecule has 0 unspecified atom stereocenters. The Hall–Kier alpha value is -3.58. The number of pyridine rings is 1. The van der Waals surface area contributed by atoms with Gasteiger partial charge in [0.2, 0.25) is 5.91 Å². The highest BCUT2D eigenvalue weighted by Crippen LogP contribution is 2.25. The van der Waals surface area contributed by atoms with Crippen molar-refractivity contribution in [3.63, 3.8) is 0 Å². The lowest BCUT2D eigenvalue weighted by Gasteiger charge is -2.05. The maximum absolute atomic E-state index is 12.5. The average molecular weight is 389 g/mol. The number of carbonyl (C=O) groups is 2. The first-order valence-electron chi connectivity index (χ1n) is 8.47. The van der Waals surface area contributed by atoms with Gasteiger partial charge in [0.25, 0.3) is 0 Å². The normalized spacial score (nSPS) is 10.7. The Morgan fingerprint density at radius 1 is 1.04 bits per heavy atom. The molecule has 0 saturated heterocycles. The molecular weight excluding hydrogens is 374 g/mol. The highest BCUT2D eigenvalue weighted by Gasteiger charge is 2.14. The van der Waals surface area contributed by atoms with Gasteiger partial charge in [-0.15, -0.1) is 11.3 Å². The van der Waals surface area contributed by atoms with E-state index in [1.165, 1.54) is 11.3 Å². The van der Waals surface area contributed by atoms with E-state index in [4.69, 9.17) is 10.5 Å². The first-order chi connectivity index (χ1) is 13.6. The van der Waals surface area contributed by atoms with Gasteiger partial charge in [-0.1, -0.05) is 36.4 Å². The minimum absolute atomic E-state index is 0.0552. The fourth-order valence-electron chi connectivity index (χ4n) is 2.77. The summed E-state index contributed by atoms with van der Waals surface area (Å²) in [5.74, 6) is -0.961. The fraction of sp³-hybridized carbons (Fsp3) is 0.0476. The molecule has 0 spiro atoms. The van der Waals surface area contributed by atoms with Crippen LogP contribution in [0.25, 0.3) is 21.3 Å². The van der Waals surface area contributed by atoms with E-state index in [9.17, 15) is 9.59 Å². The molecule has 2 heterocycles. The molecule has 0 aliphatic carbocycles. The number of thiazole rings is 1. The van der Waals surface area contributed by atoms with Crippen molar-refractivity contribution in [1.29, 1.82) is 0 Å². The van der Waals surface area contributed by atoms with Gasteiger partial charge < -0.3 is 10.5 Å². The third-order valence-electron chi connectivity index (χ3n) is 4.19. The predicted molar refractivity (Wildman–Crippen MR) is 107 cm³/mol. The third-order valence-corrected chi connectivity index (χ3v) is 5.13. The summed E-state index contributed by atoms with van der Waals surface area (Å²) in [4.78, 5) is 32.3. The minimum Gasteiger partial charge on any atom is -0.454 e. The van der Waals surface area contributed by atoms with Gasteiger partial charge in [0, 0.05) is 28.1 Å². The molecule has 6 nitrogen and oxygen atoms in total. The van der Waals surface area contributed by atoms with Crippen LogP contribution < -0.4 is 5.73 Å². The Bertz CT molecular complexity index is 1160. The summed E-state index contributed by atoms with van der Waals surface area (Å²) < 4.78 is 5.40. The zero-order chi connectivity index (χ0) is 19.5. The molecule has 1 amide bonds. The van der Waals surface area contributed by atoms with Crippen LogP contribution in [0.5, 0.6) is 0 Å². The van der Waals surface area contributed by atoms with Gasteiger partial charge in [0.05, 0.1) is 5.69 Å². The summed E-state index contributed by atoms with van der Waals surface area (Å²) in [6.45, 7) is 0.0552.